The second kappa shape index (κ2) is 10.6. The van der Waals surface area contributed by atoms with Gasteiger partial charge in [0.05, 0.1) is 31.5 Å². The summed E-state index contributed by atoms with van der Waals surface area (Å²) < 4.78 is 10.7. The van der Waals surface area contributed by atoms with Gasteiger partial charge in [0.15, 0.2) is 0 Å². The van der Waals surface area contributed by atoms with Crippen LogP contribution < -0.4 is 15.4 Å². The van der Waals surface area contributed by atoms with Gasteiger partial charge in [-0.15, -0.1) is 0 Å². The SMILES string of the molecule is CCCCC(NC(=O)Cc1ccccc1)C(=O)Nc1ccc(OC2COC2)nc1. The van der Waals surface area contributed by atoms with Crippen LogP contribution in [0.2, 0.25) is 0 Å². The van der Waals surface area contributed by atoms with E-state index in [2.05, 4.69) is 22.5 Å². The number of nitrogens with zero attached hydrogens (tertiary/aromatic N) is 1. The minimum Gasteiger partial charge on any atom is -0.469 e. The molecule has 1 aromatic heterocycles. The molecule has 1 saturated heterocycles. The van der Waals surface area contributed by atoms with Crippen LogP contribution >= 0.6 is 0 Å². The fourth-order valence-electron chi connectivity index (χ4n) is 2.91. The molecule has 1 unspecified atom stereocenters. The Labute approximate surface area is 170 Å². The van der Waals surface area contributed by atoms with Crippen molar-refractivity contribution in [2.45, 2.75) is 44.8 Å². The number of aromatic nitrogens is 1. The number of carbonyl (C=O) groups excluding carboxylic acids is 2. The van der Waals surface area contributed by atoms with Crippen LogP contribution in [0.25, 0.3) is 0 Å². The number of hydrogen-bond donors (Lipinski definition) is 2. The first-order valence-corrected chi connectivity index (χ1v) is 9.98. The van der Waals surface area contributed by atoms with Crippen LogP contribution in [0, 0.1) is 0 Å². The molecule has 1 atom stereocenters. The van der Waals surface area contributed by atoms with Crippen LogP contribution in [0.3, 0.4) is 0 Å². The number of anilines is 1. The quantitative estimate of drug-likeness (QED) is 0.643. The predicted octanol–water partition coefficient (Wildman–Crippen LogP) is 2.72. The molecule has 7 nitrogen and oxygen atoms in total. The Morgan fingerprint density at radius 2 is 2.00 bits per heavy atom. The van der Waals surface area contributed by atoms with Crippen molar-refractivity contribution in [1.29, 1.82) is 0 Å². The number of carbonyl (C=O) groups is 2. The van der Waals surface area contributed by atoms with Gasteiger partial charge in [-0.3, -0.25) is 9.59 Å². The minimum atomic E-state index is -0.589. The van der Waals surface area contributed by atoms with E-state index >= 15 is 0 Å². The molecule has 0 radical (unpaired) electrons. The van der Waals surface area contributed by atoms with E-state index in [1.165, 1.54) is 0 Å². The third-order valence-electron chi connectivity index (χ3n) is 4.60. The highest BCUT2D eigenvalue weighted by molar-refractivity contribution is 5.97. The number of pyridine rings is 1. The molecule has 0 aliphatic carbocycles. The molecule has 0 bridgehead atoms. The fraction of sp³-hybridized carbons (Fsp3) is 0.409. The number of rotatable bonds is 10. The van der Waals surface area contributed by atoms with E-state index < -0.39 is 6.04 Å². The Kier molecular flexibility index (Phi) is 7.58. The highest BCUT2D eigenvalue weighted by Gasteiger charge is 2.22. The summed E-state index contributed by atoms with van der Waals surface area (Å²) in [5.41, 5.74) is 1.47. The maximum absolute atomic E-state index is 12.7. The van der Waals surface area contributed by atoms with Gasteiger partial charge in [-0.05, 0) is 18.1 Å². The summed E-state index contributed by atoms with van der Waals surface area (Å²) in [7, 11) is 0. The van der Waals surface area contributed by atoms with E-state index in [1.807, 2.05) is 30.3 Å². The summed E-state index contributed by atoms with van der Waals surface area (Å²) in [6.45, 7) is 3.19. The van der Waals surface area contributed by atoms with Gasteiger partial charge in [0.1, 0.15) is 12.1 Å². The second-order valence-corrected chi connectivity index (χ2v) is 7.08. The maximum atomic E-state index is 12.7. The zero-order chi connectivity index (χ0) is 20.5. The van der Waals surface area contributed by atoms with E-state index in [-0.39, 0.29) is 24.3 Å². The van der Waals surface area contributed by atoms with Crippen molar-refractivity contribution < 1.29 is 19.1 Å². The number of ether oxygens (including phenoxy) is 2. The number of nitrogens with one attached hydrogen (secondary N) is 2. The van der Waals surface area contributed by atoms with Crippen LogP contribution in [-0.4, -0.2) is 42.2 Å². The Balaban J connectivity index is 1.55. The van der Waals surface area contributed by atoms with Crippen molar-refractivity contribution in [3.05, 3.63) is 54.2 Å². The lowest BCUT2D eigenvalue weighted by Crippen LogP contribution is -2.44. The lowest BCUT2D eigenvalue weighted by Gasteiger charge is -2.26. The van der Waals surface area contributed by atoms with E-state index in [0.717, 1.165) is 18.4 Å². The Bertz CT molecular complexity index is 791. The van der Waals surface area contributed by atoms with E-state index in [1.54, 1.807) is 18.3 Å². The fourth-order valence-corrected chi connectivity index (χ4v) is 2.91. The normalized spacial score (nSPS) is 14.5. The number of amides is 2. The average Bonchev–Trinajstić information content (AvgIpc) is 2.70. The molecule has 1 aromatic carbocycles. The smallest absolute Gasteiger partial charge is 0.246 e. The highest BCUT2D eigenvalue weighted by Crippen LogP contribution is 2.16. The Hall–Kier alpha value is -2.93. The first kappa shape index (κ1) is 20.8. The molecule has 2 heterocycles. The largest absolute Gasteiger partial charge is 0.469 e. The number of benzene rings is 1. The summed E-state index contributed by atoms with van der Waals surface area (Å²) in [6, 6.07) is 12.3. The molecular weight excluding hydrogens is 370 g/mol. The average molecular weight is 397 g/mol. The van der Waals surface area contributed by atoms with E-state index in [0.29, 0.717) is 31.2 Å². The zero-order valence-corrected chi connectivity index (χ0v) is 16.6. The molecular formula is C22H27N3O4. The van der Waals surface area contributed by atoms with Gasteiger partial charge < -0.3 is 20.1 Å². The monoisotopic (exact) mass is 397 g/mol. The van der Waals surface area contributed by atoms with Crippen molar-refractivity contribution in [3.8, 4) is 5.88 Å². The van der Waals surface area contributed by atoms with Gasteiger partial charge >= 0.3 is 0 Å². The molecule has 1 aliphatic heterocycles. The van der Waals surface area contributed by atoms with Gasteiger partial charge in [0.25, 0.3) is 0 Å². The molecule has 2 N–H and O–H groups in total. The van der Waals surface area contributed by atoms with Gasteiger partial charge in [0, 0.05) is 6.07 Å². The summed E-state index contributed by atoms with van der Waals surface area (Å²) in [6.07, 6.45) is 4.21. The molecule has 0 spiro atoms. The van der Waals surface area contributed by atoms with Crippen molar-refractivity contribution in [1.82, 2.24) is 10.3 Å². The topological polar surface area (TPSA) is 89.6 Å². The Morgan fingerprint density at radius 3 is 2.62 bits per heavy atom. The van der Waals surface area contributed by atoms with Gasteiger partial charge in [-0.25, -0.2) is 4.98 Å². The van der Waals surface area contributed by atoms with Crippen LogP contribution in [-0.2, 0) is 20.7 Å². The molecule has 154 valence electrons. The van der Waals surface area contributed by atoms with Crippen LogP contribution in [0.1, 0.15) is 31.7 Å². The van der Waals surface area contributed by atoms with Crippen LogP contribution in [0.4, 0.5) is 5.69 Å². The van der Waals surface area contributed by atoms with Gasteiger partial charge in [-0.1, -0.05) is 50.1 Å². The number of unbranched alkanes of at least 4 members (excludes halogenated alkanes) is 1. The van der Waals surface area contributed by atoms with Gasteiger partial charge in [0.2, 0.25) is 17.7 Å². The van der Waals surface area contributed by atoms with Gasteiger partial charge in [-0.2, -0.15) is 0 Å². The second-order valence-electron chi connectivity index (χ2n) is 7.08. The summed E-state index contributed by atoms with van der Waals surface area (Å²) in [4.78, 5) is 29.3. The first-order chi connectivity index (χ1) is 14.1. The molecule has 3 rings (SSSR count). The Morgan fingerprint density at radius 1 is 1.21 bits per heavy atom. The lowest BCUT2D eigenvalue weighted by molar-refractivity contribution is -0.126. The van der Waals surface area contributed by atoms with Crippen molar-refractivity contribution >= 4 is 17.5 Å². The molecule has 2 aromatic rings. The first-order valence-electron chi connectivity index (χ1n) is 9.98. The molecule has 2 amide bonds. The summed E-state index contributed by atoms with van der Waals surface area (Å²) >= 11 is 0. The van der Waals surface area contributed by atoms with Crippen molar-refractivity contribution in [3.63, 3.8) is 0 Å². The van der Waals surface area contributed by atoms with Crippen molar-refractivity contribution in [2.24, 2.45) is 0 Å². The third kappa shape index (κ3) is 6.57. The predicted molar refractivity (Wildman–Crippen MR) is 110 cm³/mol. The number of hydrogen-bond acceptors (Lipinski definition) is 5. The van der Waals surface area contributed by atoms with Crippen molar-refractivity contribution in [2.75, 3.05) is 18.5 Å². The minimum absolute atomic E-state index is 0.0428. The van der Waals surface area contributed by atoms with E-state index in [9.17, 15) is 9.59 Å². The molecule has 1 aliphatic rings. The third-order valence-corrected chi connectivity index (χ3v) is 4.60. The molecule has 0 saturated carbocycles. The summed E-state index contributed by atoms with van der Waals surface area (Å²) in [5.74, 6) is 0.0785. The van der Waals surface area contributed by atoms with Crippen LogP contribution in [0.5, 0.6) is 5.88 Å². The zero-order valence-electron chi connectivity index (χ0n) is 16.6. The molecule has 1 fully saturated rings. The van der Waals surface area contributed by atoms with E-state index in [4.69, 9.17) is 9.47 Å². The molecule has 7 heteroatoms. The van der Waals surface area contributed by atoms with Crippen LogP contribution in [0.15, 0.2) is 48.7 Å². The lowest BCUT2D eigenvalue weighted by atomic mass is 10.1. The standard InChI is InChI=1S/C22H27N3O4/c1-2-3-9-19(25-20(26)12-16-7-5-4-6-8-16)22(27)24-17-10-11-21(23-13-17)29-18-14-28-15-18/h4-8,10-11,13,18-19H,2-3,9,12,14-15H2,1H3,(H,24,27)(H,25,26). The molecule has 29 heavy (non-hydrogen) atoms. The maximum Gasteiger partial charge on any atom is 0.246 e. The summed E-state index contributed by atoms with van der Waals surface area (Å²) in [5, 5.41) is 5.70. The highest BCUT2D eigenvalue weighted by atomic mass is 16.6.